The van der Waals surface area contributed by atoms with E-state index in [2.05, 4.69) is 10.0 Å². The molecule has 0 spiro atoms. The van der Waals surface area contributed by atoms with E-state index < -0.39 is 10.0 Å². The summed E-state index contributed by atoms with van der Waals surface area (Å²) in [6, 6.07) is 20.8. The van der Waals surface area contributed by atoms with Gasteiger partial charge in [-0.2, -0.15) is 0 Å². The normalized spacial score (nSPS) is 12.1. The number of anilines is 1. The van der Waals surface area contributed by atoms with Gasteiger partial charge in [-0.1, -0.05) is 42.5 Å². The van der Waals surface area contributed by atoms with Crippen molar-refractivity contribution in [2.75, 3.05) is 19.5 Å². The van der Waals surface area contributed by atoms with Crippen molar-refractivity contribution < 1.29 is 22.7 Å². The van der Waals surface area contributed by atoms with E-state index in [9.17, 15) is 13.2 Å². The summed E-state index contributed by atoms with van der Waals surface area (Å²) in [6.07, 6.45) is 0.733. The van der Waals surface area contributed by atoms with Crippen LogP contribution in [-0.2, 0) is 21.2 Å². The Morgan fingerprint density at radius 3 is 2.21 bits per heavy atom. The number of amides is 1. The van der Waals surface area contributed by atoms with E-state index in [1.54, 1.807) is 56.5 Å². The molecule has 0 aliphatic rings. The number of hydrogen-bond acceptors (Lipinski definition) is 5. The molecular formula is C25H28N2O5S. The van der Waals surface area contributed by atoms with Crippen LogP contribution < -0.4 is 19.5 Å². The van der Waals surface area contributed by atoms with E-state index in [0.29, 0.717) is 23.6 Å². The van der Waals surface area contributed by atoms with Gasteiger partial charge in [0.05, 0.1) is 19.1 Å². The number of benzene rings is 3. The van der Waals surface area contributed by atoms with Gasteiger partial charge >= 0.3 is 0 Å². The lowest BCUT2D eigenvalue weighted by Gasteiger charge is -2.15. The quantitative estimate of drug-likeness (QED) is 0.462. The van der Waals surface area contributed by atoms with E-state index in [-0.39, 0.29) is 23.3 Å². The standard InChI is InChI=1S/C25H28N2O5S/c1-18(20-7-5-4-6-8-20)27-33(29,30)22-13-9-19(10-14-22)11-16-25(28)26-21-12-15-23(31-2)24(17-21)32-3/h4-10,12-15,17-18,27H,11,16H2,1-3H3,(H,26,28)/t18-/m1/s1. The first-order chi connectivity index (χ1) is 15.8. The average molecular weight is 469 g/mol. The van der Waals surface area contributed by atoms with Gasteiger partial charge in [-0.25, -0.2) is 13.1 Å². The van der Waals surface area contributed by atoms with Crippen molar-refractivity contribution in [2.45, 2.75) is 30.7 Å². The molecule has 0 aliphatic heterocycles. The van der Waals surface area contributed by atoms with Gasteiger partial charge in [-0.3, -0.25) is 4.79 Å². The topological polar surface area (TPSA) is 93.7 Å². The molecule has 2 N–H and O–H groups in total. The predicted octanol–water partition coefficient (Wildman–Crippen LogP) is 4.31. The fourth-order valence-corrected chi connectivity index (χ4v) is 4.57. The first kappa shape index (κ1) is 24.3. The molecule has 1 atom stereocenters. The fraction of sp³-hybridized carbons (Fsp3) is 0.240. The zero-order chi connectivity index (χ0) is 23.8. The molecule has 0 radical (unpaired) electrons. The number of nitrogens with one attached hydrogen (secondary N) is 2. The van der Waals surface area contributed by atoms with Crippen LogP contribution in [-0.4, -0.2) is 28.5 Å². The monoisotopic (exact) mass is 468 g/mol. The van der Waals surface area contributed by atoms with Gasteiger partial charge in [0.25, 0.3) is 0 Å². The molecule has 3 rings (SSSR count). The van der Waals surface area contributed by atoms with Gasteiger partial charge in [0, 0.05) is 24.2 Å². The van der Waals surface area contributed by atoms with Crippen molar-refractivity contribution in [3.8, 4) is 11.5 Å². The third kappa shape index (κ3) is 6.57. The molecule has 0 fully saturated rings. The number of sulfonamides is 1. The van der Waals surface area contributed by atoms with Gasteiger partial charge in [-0.15, -0.1) is 0 Å². The minimum absolute atomic E-state index is 0.155. The fourth-order valence-electron chi connectivity index (χ4n) is 3.34. The molecule has 0 aromatic heterocycles. The zero-order valence-electron chi connectivity index (χ0n) is 18.9. The van der Waals surface area contributed by atoms with Crippen LogP contribution in [0.1, 0.15) is 30.5 Å². The summed E-state index contributed by atoms with van der Waals surface area (Å²) in [5.41, 5.74) is 2.36. The Balaban J connectivity index is 1.56. The second kappa shape index (κ2) is 11.0. The first-order valence-electron chi connectivity index (χ1n) is 10.5. The van der Waals surface area contributed by atoms with Crippen LogP contribution in [0.3, 0.4) is 0 Å². The van der Waals surface area contributed by atoms with Crippen molar-refractivity contribution >= 4 is 21.6 Å². The van der Waals surface area contributed by atoms with Crippen LogP contribution in [0, 0.1) is 0 Å². The molecular weight excluding hydrogens is 440 g/mol. The summed E-state index contributed by atoms with van der Waals surface area (Å²) in [4.78, 5) is 12.5. The van der Waals surface area contributed by atoms with Crippen molar-refractivity contribution in [2.24, 2.45) is 0 Å². The van der Waals surface area contributed by atoms with Gasteiger partial charge in [0.2, 0.25) is 15.9 Å². The maximum Gasteiger partial charge on any atom is 0.241 e. The van der Waals surface area contributed by atoms with Crippen LogP contribution in [0.4, 0.5) is 5.69 Å². The van der Waals surface area contributed by atoms with Gasteiger partial charge in [0.1, 0.15) is 0 Å². The second-order valence-electron chi connectivity index (χ2n) is 7.52. The lowest BCUT2D eigenvalue weighted by atomic mass is 10.1. The number of methoxy groups -OCH3 is 2. The van der Waals surface area contributed by atoms with Crippen molar-refractivity contribution in [1.29, 1.82) is 0 Å². The summed E-state index contributed by atoms with van der Waals surface area (Å²) < 4.78 is 38.5. The third-order valence-electron chi connectivity index (χ3n) is 5.17. The number of hydrogen-bond donors (Lipinski definition) is 2. The number of carbonyl (C=O) groups is 1. The van der Waals surface area contributed by atoms with Crippen molar-refractivity contribution in [1.82, 2.24) is 4.72 Å². The molecule has 3 aromatic rings. The predicted molar refractivity (Wildman–Crippen MR) is 128 cm³/mol. The molecule has 0 saturated heterocycles. The number of ether oxygens (including phenoxy) is 2. The van der Waals surface area contributed by atoms with Crippen molar-refractivity contribution in [3.05, 3.63) is 83.9 Å². The molecule has 0 saturated carbocycles. The molecule has 1 amide bonds. The molecule has 0 aliphatic carbocycles. The van der Waals surface area contributed by atoms with E-state index >= 15 is 0 Å². The number of aryl methyl sites for hydroxylation is 1. The molecule has 0 unspecified atom stereocenters. The van der Waals surface area contributed by atoms with Crippen molar-refractivity contribution in [3.63, 3.8) is 0 Å². The van der Waals surface area contributed by atoms with Crippen LogP contribution in [0.25, 0.3) is 0 Å². The number of carbonyl (C=O) groups excluding carboxylic acids is 1. The Kier molecular flexibility index (Phi) is 8.08. The van der Waals surface area contributed by atoms with Crippen LogP contribution >= 0.6 is 0 Å². The lowest BCUT2D eigenvalue weighted by molar-refractivity contribution is -0.116. The maximum absolute atomic E-state index is 12.7. The smallest absolute Gasteiger partial charge is 0.241 e. The maximum atomic E-state index is 12.7. The minimum atomic E-state index is -3.66. The molecule has 33 heavy (non-hydrogen) atoms. The Hall–Kier alpha value is -3.36. The molecule has 7 nitrogen and oxygen atoms in total. The summed E-state index contributed by atoms with van der Waals surface area (Å²) in [6.45, 7) is 1.80. The Labute approximate surface area is 194 Å². The second-order valence-corrected chi connectivity index (χ2v) is 9.23. The highest BCUT2D eigenvalue weighted by Crippen LogP contribution is 2.29. The number of rotatable bonds is 10. The van der Waals surface area contributed by atoms with Crippen LogP contribution in [0.15, 0.2) is 77.7 Å². The molecule has 8 heteroatoms. The minimum Gasteiger partial charge on any atom is -0.493 e. The van der Waals surface area contributed by atoms with E-state index in [1.165, 1.54) is 7.11 Å². The van der Waals surface area contributed by atoms with Gasteiger partial charge in [0.15, 0.2) is 11.5 Å². The SMILES string of the molecule is COc1ccc(NC(=O)CCc2ccc(S(=O)(=O)N[C@H](C)c3ccccc3)cc2)cc1OC. The summed E-state index contributed by atoms with van der Waals surface area (Å²) in [7, 11) is -0.579. The molecule has 0 heterocycles. The van der Waals surface area contributed by atoms with Gasteiger partial charge < -0.3 is 14.8 Å². The summed E-state index contributed by atoms with van der Waals surface area (Å²) in [5, 5.41) is 2.83. The Morgan fingerprint density at radius 1 is 0.909 bits per heavy atom. The van der Waals surface area contributed by atoms with Crippen LogP contribution in [0.2, 0.25) is 0 Å². The van der Waals surface area contributed by atoms with E-state index in [1.807, 2.05) is 30.3 Å². The largest absolute Gasteiger partial charge is 0.493 e. The highest BCUT2D eigenvalue weighted by Gasteiger charge is 2.18. The Morgan fingerprint density at radius 2 is 1.58 bits per heavy atom. The third-order valence-corrected chi connectivity index (χ3v) is 6.73. The lowest BCUT2D eigenvalue weighted by Crippen LogP contribution is -2.26. The Bertz CT molecular complexity index is 1180. The molecule has 3 aromatic carbocycles. The highest BCUT2D eigenvalue weighted by molar-refractivity contribution is 7.89. The van der Waals surface area contributed by atoms with E-state index in [0.717, 1.165) is 11.1 Å². The van der Waals surface area contributed by atoms with Gasteiger partial charge in [-0.05, 0) is 48.7 Å². The highest BCUT2D eigenvalue weighted by atomic mass is 32.2. The first-order valence-corrected chi connectivity index (χ1v) is 12.0. The molecule has 174 valence electrons. The summed E-state index contributed by atoms with van der Waals surface area (Å²) in [5.74, 6) is 0.956. The average Bonchev–Trinajstić information content (AvgIpc) is 2.83. The van der Waals surface area contributed by atoms with Crippen LogP contribution in [0.5, 0.6) is 11.5 Å². The summed E-state index contributed by atoms with van der Waals surface area (Å²) >= 11 is 0. The zero-order valence-corrected chi connectivity index (χ0v) is 19.7. The van der Waals surface area contributed by atoms with E-state index in [4.69, 9.17) is 9.47 Å². The molecule has 0 bridgehead atoms.